The van der Waals surface area contributed by atoms with Gasteiger partial charge in [-0.1, -0.05) is 34.1 Å². The fraction of sp³-hybridized carbons (Fsp3) is 0.125. The number of nitrogens with zero attached hydrogens (tertiary/aromatic N) is 2. The molecule has 1 aliphatic rings. The van der Waals surface area contributed by atoms with Gasteiger partial charge < -0.3 is 14.8 Å². The van der Waals surface area contributed by atoms with E-state index in [1.807, 2.05) is 12.1 Å². The molecule has 33 heavy (non-hydrogen) atoms. The van der Waals surface area contributed by atoms with E-state index in [1.165, 1.54) is 4.57 Å². The number of carbonyl (C=O) groups excluding carboxylic acids is 1. The van der Waals surface area contributed by atoms with Crippen molar-refractivity contribution in [3.05, 3.63) is 97.6 Å². The molecule has 0 aliphatic carbocycles. The van der Waals surface area contributed by atoms with Crippen molar-refractivity contribution in [2.24, 2.45) is 0 Å². The molecule has 3 aromatic carbocycles. The highest BCUT2D eigenvalue weighted by Gasteiger charge is 2.18. The SMILES string of the molecule is O=C(Cn1c(=O)n(Cc2ccc3c(c2)OCO3)c(=O)c2ccccc21)Nc1ccc(Br)cc1. The summed E-state index contributed by atoms with van der Waals surface area (Å²) in [6.45, 7) is -0.0701. The summed E-state index contributed by atoms with van der Waals surface area (Å²) in [5.41, 5.74) is 0.731. The zero-order valence-electron chi connectivity index (χ0n) is 17.3. The largest absolute Gasteiger partial charge is 0.454 e. The van der Waals surface area contributed by atoms with Crippen molar-refractivity contribution in [1.29, 1.82) is 0 Å². The summed E-state index contributed by atoms with van der Waals surface area (Å²) in [7, 11) is 0. The molecule has 1 aliphatic heterocycles. The first kappa shape index (κ1) is 21.0. The third-order valence-corrected chi connectivity index (χ3v) is 5.87. The van der Waals surface area contributed by atoms with Crippen LogP contribution < -0.4 is 26.0 Å². The molecule has 0 fully saturated rings. The van der Waals surface area contributed by atoms with Crippen LogP contribution >= 0.6 is 15.9 Å². The van der Waals surface area contributed by atoms with Crippen molar-refractivity contribution in [3.8, 4) is 11.5 Å². The first-order chi connectivity index (χ1) is 16.0. The van der Waals surface area contributed by atoms with Gasteiger partial charge in [-0.15, -0.1) is 0 Å². The Morgan fingerprint density at radius 2 is 1.70 bits per heavy atom. The Bertz CT molecular complexity index is 1490. The summed E-state index contributed by atoms with van der Waals surface area (Å²) in [6, 6.07) is 19.2. The molecule has 4 aromatic rings. The highest BCUT2D eigenvalue weighted by atomic mass is 79.9. The topological polar surface area (TPSA) is 91.6 Å². The molecule has 5 rings (SSSR count). The fourth-order valence-corrected chi connectivity index (χ4v) is 4.03. The minimum absolute atomic E-state index is 0.0352. The number of hydrogen-bond acceptors (Lipinski definition) is 5. The van der Waals surface area contributed by atoms with Gasteiger partial charge in [-0.05, 0) is 54.1 Å². The normalized spacial score (nSPS) is 12.2. The number of aromatic nitrogens is 2. The lowest BCUT2D eigenvalue weighted by molar-refractivity contribution is -0.116. The molecular formula is C24H18BrN3O5. The minimum Gasteiger partial charge on any atom is -0.454 e. The van der Waals surface area contributed by atoms with E-state index in [2.05, 4.69) is 21.2 Å². The van der Waals surface area contributed by atoms with Gasteiger partial charge in [0.2, 0.25) is 12.7 Å². The van der Waals surface area contributed by atoms with E-state index in [0.717, 1.165) is 9.04 Å². The number of hydrogen-bond donors (Lipinski definition) is 1. The summed E-state index contributed by atoms with van der Waals surface area (Å²) in [5.74, 6) is 0.806. The lowest BCUT2D eigenvalue weighted by Crippen LogP contribution is -2.42. The van der Waals surface area contributed by atoms with Gasteiger partial charge in [-0.2, -0.15) is 0 Å². The Hall–Kier alpha value is -3.85. The Kier molecular flexibility index (Phi) is 5.47. The monoisotopic (exact) mass is 507 g/mol. The van der Waals surface area contributed by atoms with Crippen molar-refractivity contribution in [2.45, 2.75) is 13.1 Å². The molecule has 0 bridgehead atoms. The zero-order chi connectivity index (χ0) is 22.9. The highest BCUT2D eigenvalue weighted by Crippen LogP contribution is 2.32. The van der Waals surface area contributed by atoms with Crippen LogP contribution in [0.1, 0.15) is 5.56 Å². The van der Waals surface area contributed by atoms with Crippen LogP contribution in [0.3, 0.4) is 0 Å². The average Bonchev–Trinajstić information content (AvgIpc) is 3.29. The molecule has 2 heterocycles. The third-order valence-electron chi connectivity index (χ3n) is 5.34. The maximum Gasteiger partial charge on any atom is 0.332 e. The van der Waals surface area contributed by atoms with E-state index in [0.29, 0.717) is 33.7 Å². The van der Waals surface area contributed by atoms with Crippen molar-refractivity contribution in [2.75, 3.05) is 12.1 Å². The van der Waals surface area contributed by atoms with Gasteiger partial charge in [0.1, 0.15) is 6.54 Å². The van der Waals surface area contributed by atoms with Gasteiger partial charge in [-0.25, -0.2) is 4.79 Å². The van der Waals surface area contributed by atoms with Crippen LogP contribution in [-0.2, 0) is 17.9 Å². The molecule has 8 nitrogen and oxygen atoms in total. The molecule has 166 valence electrons. The Morgan fingerprint density at radius 1 is 0.939 bits per heavy atom. The molecule has 1 aromatic heterocycles. The van der Waals surface area contributed by atoms with Gasteiger partial charge in [0.15, 0.2) is 11.5 Å². The number of ether oxygens (including phenoxy) is 2. The van der Waals surface area contributed by atoms with Gasteiger partial charge in [-0.3, -0.25) is 18.7 Å². The number of rotatable bonds is 5. The quantitative estimate of drug-likeness (QED) is 0.447. The Labute approximate surface area is 196 Å². The third kappa shape index (κ3) is 4.14. The maximum absolute atomic E-state index is 13.4. The van der Waals surface area contributed by atoms with Crippen LogP contribution in [-0.4, -0.2) is 21.8 Å². The van der Waals surface area contributed by atoms with E-state index >= 15 is 0 Å². The molecule has 0 saturated carbocycles. The molecule has 0 unspecified atom stereocenters. The predicted molar refractivity (Wildman–Crippen MR) is 127 cm³/mol. The molecule has 0 radical (unpaired) electrons. The number of halogens is 1. The van der Waals surface area contributed by atoms with Crippen molar-refractivity contribution in [3.63, 3.8) is 0 Å². The second-order valence-electron chi connectivity index (χ2n) is 7.52. The maximum atomic E-state index is 13.4. The van der Waals surface area contributed by atoms with E-state index in [1.54, 1.807) is 54.6 Å². The number of fused-ring (bicyclic) bond motifs is 2. The smallest absolute Gasteiger partial charge is 0.332 e. The van der Waals surface area contributed by atoms with E-state index in [9.17, 15) is 14.4 Å². The van der Waals surface area contributed by atoms with E-state index < -0.39 is 11.2 Å². The number of amides is 1. The van der Waals surface area contributed by atoms with Crippen LogP contribution in [0.25, 0.3) is 10.9 Å². The average molecular weight is 508 g/mol. The summed E-state index contributed by atoms with van der Waals surface area (Å²) < 4.78 is 14.1. The number of carbonyl (C=O) groups is 1. The highest BCUT2D eigenvalue weighted by molar-refractivity contribution is 9.10. The minimum atomic E-state index is -0.567. The second-order valence-corrected chi connectivity index (χ2v) is 8.44. The van der Waals surface area contributed by atoms with Crippen LogP contribution in [0, 0.1) is 0 Å². The van der Waals surface area contributed by atoms with Crippen LogP contribution in [0.4, 0.5) is 5.69 Å². The molecule has 0 atom stereocenters. The van der Waals surface area contributed by atoms with Gasteiger partial charge in [0.25, 0.3) is 5.56 Å². The Morgan fingerprint density at radius 3 is 2.52 bits per heavy atom. The number of para-hydroxylation sites is 1. The molecule has 0 saturated heterocycles. The first-order valence-electron chi connectivity index (χ1n) is 10.2. The summed E-state index contributed by atoms with van der Waals surface area (Å²) in [6.07, 6.45) is 0. The molecule has 9 heteroatoms. The fourth-order valence-electron chi connectivity index (χ4n) is 3.76. The number of nitrogens with one attached hydrogen (secondary N) is 1. The van der Waals surface area contributed by atoms with Gasteiger partial charge >= 0.3 is 5.69 Å². The van der Waals surface area contributed by atoms with Crippen molar-refractivity contribution >= 4 is 38.4 Å². The van der Waals surface area contributed by atoms with E-state index in [4.69, 9.17) is 9.47 Å². The van der Waals surface area contributed by atoms with E-state index in [-0.39, 0.29) is 25.8 Å². The predicted octanol–water partition coefficient (Wildman–Crippen LogP) is 3.34. The van der Waals surface area contributed by atoms with Crippen LogP contribution in [0.15, 0.2) is 80.8 Å². The lowest BCUT2D eigenvalue weighted by atomic mass is 10.2. The van der Waals surface area contributed by atoms with Gasteiger partial charge in [0.05, 0.1) is 17.4 Å². The molecular weight excluding hydrogens is 490 g/mol. The lowest BCUT2D eigenvalue weighted by Gasteiger charge is -2.14. The first-order valence-corrected chi connectivity index (χ1v) is 11.0. The van der Waals surface area contributed by atoms with Crippen LogP contribution in [0.5, 0.6) is 11.5 Å². The zero-order valence-corrected chi connectivity index (χ0v) is 18.9. The summed E-state index contributed by atoms with van der Waals surface area (Å²) in [5, 5.41) is 3.14. The molecule has 0 spiro atoms. The number of anilines is 1. The van der Waals surface area contributed by atoms with Crippen LogP contribution in [0.2, 0.25) is 0 Å². The Balaban J connectivity index is 1.52. The summed E-state index contributed by atoms with van der Waals surface area (Å²) >= 11 is 3.36. The standard InChI is InChI=1S/C24H18BrN3O5/c25-16-6-8-17(9-7-16)26-22(29)13-27-19-4-2-1-3-18(19)23(30)28(24(27)31)12-15-5-10-20-21(11-15)33-14-32-20/h1-11H,12-14H2,(H,26,29). The van der Waals surface area contributed by atoms with Gasteiger partial charge in [0, 0.05) is 10.2 Å². The van der Waals surface area contributed by atoms with Crippen molar-refractivity contribution < 1.29 is 14.3 Å². The second kappa shape index (κ2) is 8.59. The molecule has 1 amide bonds. The summed E-state index contributed by atoms with van der Waals surface area (Å²) in [4.78, 5) is 39.2. The van der Waals surface area contributed by atoms with Crippen molar-refractivity contribution in [1.82, 2.24) is 9.13 Å². The number of benzene rings is 3. The molecule has 1 N–H and O–H groups in total.